The Balaban J connectivity index is 1.85. The van der Waals surface area contributed by atoms with E-state index in [-0.39, 0.29) is 0 Å². The van der Waals surface area contributed by atoms with Gasteiger partial charge in [-0.15, -0.1) is 0 Å². The van der Waals surface area contributed by atoms with Crippen molar-refractivity contribution < 1.29 is 9.47 Å². The summed E-state index contributed by atoms with van der Waals surface area (Å²) in [4.78, 5) is 7.43. The van der Waals surface area contributed by atoms with E-state index in [0.29, 0.717) is 0 Å². The number of aromatic amines is 2. The molecule has 0 bridgehead atoms. The number of hydrogen-bond donors (Lipinski definition) is 2. The molecule has 4 nitrogen and oxygen atoms in total. The Bertz CT molecular complexity index is 1650. The number of nitrogens with one attached hydrogen (secondary N) is 2. The topological polar surface area (TPSA) is 50.0 Å². The fraction of sp³-hybridized carbons (Fsp3) is 0.0909. The number of benzene rings is 4. The van der Waals surface area contributed by atoms with Crippen LogP contribution in [0.1, 0.15) is 22.5 Å². The lowest BCUT2D eigenvalue weighted by molar-refractivity contribution is 0.403. The lowest BCUT2D eigenvalue weighted by Crippen LogP contribution is -2.33. The lowest BCUT2D eigenvalue weighted by Gasteiger charge is -2.36. The summed E-state index contributed by atoms with van der Waals surface area (Å²) >= 11 is 0. The Kier molecular flexibility index (Phi) is 5.78. The average molecular weight is 485 g/mol. The van der Waals surface area contributed by atoms with Crippen LogP contribution in [0.5, 0.6) is 11.5 Å². The lowest BCUT2D eigenvalue weighted by atomic mass is 9.67. The van der Waals surface area contributed by atoms with Crippen LogP contribution in [0.4, 0.5) is 0 Å². The molecule has 0 aliphatic heterocycles. The van der Waals surface area contributed by atoms with Gasteiger partial charge in [0.05, 0.1) is 14.2 Å². The quantitative estimate of drug-likeness (QED) is 0.246. The second-order valence-electron chi connectivity index (χ2n) is 9.05. The maximum absolute atomic E-state index is 6.01. The Morgan fingerprint density at radius 2 is 1.46 bits per heavy atom. The molecule has 2 N–H and O–H groups in total. The molecule has 0 saturated carbocycles. The smallest absolute Gasteiger partial charge is 0.123 e. The second-order valence-corrected chi connectivity index (χ2v) is 9.05. The fourth-order valence-corrected chi connectivity index (χ4v) is 5.57. The molecule has 4 heteroatoms. The number of para-hydroxylation sites is 2. The Labute approximate surface area is 216 Å². The van der Waals surface area contributed by atoms with Crippen molar-refractivity contribution >= 4 is 10.9 Å². The van der Waals surface area contributed by atoms with Crippen LogP contribution < -0.4 is 9.47 Å². The van der Waals surface area contributed by atoms with E-state index in [1.165, 1.54) is 0 Å². The first kappa shape index (κ1) is 22.7. The number of H-pyrrole nitrogens is 2. The molecule has 2 aromatic heterocycles. The highest BCUT2D eigenvalue weighted by Gasteiger charge is 2.45. The first-order valence-corrected chi connectivity index (χ1v) is 12.4. The van der Waals surface area contributed by atoms with E-state index in [1.807, 2.05) is 36.5 Å². The molecule has 182 valence electrons. The molecule has 0 amide bonds. The first-order chi connectivity index (χ1) is 18.3. The molecule has 0 aliphatic rings. The average Bonchev–Trinajstić information content (AvgIpc) is 3.64. The summed E-state index contributed by atoms with van der Waals surface area (Å²) in [5, 5.41) is 1.16. The van der Waals surface area contributed by atoms with Crippen molar-refractivity contribution in [3.63, 3.8) is 0 Å². The summed E-state index contributed by atoms with van der Waals surface area (Å²) in [6.07, 6.45) is 1.98. The van der Waals surface area contributed by atoms with E-state index in [9.17, 15) is 0 Å². The van der Waals surface area contributed by atoms with E-state index in [2.05, 4.69) is 94.9 Å². The Morgan fingerprint density at radius 1 is 0.676 bits per heavy atom. The molecule has 1 unspecified atom stereocenters. The molecule has 0 fully saturated rings. The highest BCUT2D eigenvalue weighted by Crippen LogP contribution is 2.52. The molecule has 0 aliphatic carbocycles. The zero-order valence-corrected chi connectivity index (χ0v) is 20.9. The van der Waals surface area contributed by atoms with Crippen LogP contribution in [-0.4, -0.2) is 24.2 Å². The van der Waals surface area contributed by atoms with Crippen LogP contribution in [0.2, 0.25) is 0 Å². The normalized spacial score (nSPS) is 12.8. The van der Waals surface area contributed by atoms with Crippen molar-refractivity contribution in [2.24, 2.45) is 0 Å². The summed E-state index contributed by atoms with van der Waals surface area (Å²) in [6.45, 7) is 0. The molecule has 2 heterocycles. The van der Waals surface area contributed by atoms with Gasteiger partial charge in [-0.25, -0.2) is 0 Å². The van der Waals surface area contributed by atoms with E-state index in [4.69, 9.17) is 9.47 Å². The first-order valence-electron chi connectivity index (χ1n) is 12.4. The largest absolute Gasteiger partial charge is 0.497 e. The van der Waals surface area contributed by atoms with Gasteiger partial charge in [0, 0.05) is 39.6 Å². The minimum absolute atomic E-state index is 0.769. The van der Waals surface area contributed by atoms with Crippen LogP contribution >= 0.6 is 0 Å². The number of fused-ring (bicyclic) bond motifs is 1. The van der Waals surface area contributed by atoms with E-state index < -0.39 is 5.41 Å². The fourth-order valence-electron chi connectivity index (χ4n) is 5.57. The van der Waals surface area contributed by atoms with E-state index in [0.717, 1.165) is 56.0 Å². The summed E-state index contributed by atoms with van der Waals surface area (Å²) in [6, 6.07) is 39.8. The monoisotopic (exact) mass is 484 g/mol. The standard InChI is InChI=1S/C33H28N2O2/c1-36-25-15-10-14-24(22-25)33(30-20-11-21-34-30,27-17-7-9-19-29(27)37-2)32-31(23-12-4-3-5-13-23)26-16-6-8-18-28(26)35-32/h3-22,34-35H,1-2H3. The molecule has 6 rings (SSSR count). The minimum atomic E-state index is -0.769. The van der Waals surface area contributed by atoms with Crippen LogP contribution in [0, 0.1) is 0 Å². The van der Waals surface area contributed by atoms with Crippen LogP contribution in [0.3, 0.4) is 0 Å². The molecule has 6 aromatic rings. The maximum atomic E-state index is 6.01. The zero-order chi connectivity index (χ0) is 25.2. The number of hydrogen-bond acceptors (Lipinski definition) is 2. The van der Waals surface area contributed by atoms with Gasteiger partial charge in [0.25, 0.3) is 0 Å². The predicted octanol–water partition coefficient (Wildman–Crippen LogP) is 7.56. The summed E-state index contributed by atoms with van der Waals surface area (Å²) in [7, 11) is 3.43. The summed E-state index contributed by atoms with van der Waals surface area (Å²) < 4.78 is 11.7. The predicted molar refractivity (Wildman–Crippen MR) is 149 cm³/mol. The minimum Gasteiger partial charge on any atom is -0.497 e. The second kappa shape index (κ2) is 9.40. The van der Waals surface area contributed by atoms with Gasteiger partial charge in [0.1, 0.15) is 16.9 Å². The zero-order valence-electron chi connectivity index (χ0n) is 20.9. The molecule has 1 atom stereocenters. The van der Waals surface area contributed by atoms with Crippen LogP contribution in [0.15, 0.2) is 121 Å². The van der Waals surface area contributed by atoms with Gasteiger partial charge >= 0.3 is 0 Å². The molecule has 4 aromatic carbocycles. The molecule has 0 saturated heterocycles. The molecular formula is C33H28N2O2. The van der Waals surface area contributed by atoms with Gasteiger partial charge in [-0.05, 0) is 47.5 Å². The molecular weight excluding hydrogens is 456 g/mol. The maximum Gasteiger partial charge on any atom is 0.123 e. The third-order valence-corrected chi connectivity index (χ3v) is 7.16. The van der Waals surface area contributed by atoms with Crippen LogP contribution in [0.25, 0.3) is 22.0 Å². The van der Waals surface area contributed by atoms with Crippen molar-refractivity contribution in [1.82, 2.24) is 9.97 Å². The van der Waals surface area contributed by atoms with Crippen molar-refractivity contribution in [2.45, 2.75) is 5.41 Å². The van der Waals surface area contributed by atoms with Gasteiger partial charge < -0.3 is 19.4 Å². The molecule has 0 radical (unpaired) electrons. The molecule has 37 heavy (non-hydrogen) atoms. The van der Waals surface area contributed by atoms with E-state index in [1.54, 1.807) is 14.2 Å². The number of methoxy groups -OCH3 is 2. The summed E-state index contributed by atoms with van der Waals surface area (Å²) in [5.41, 5.74) is 6.76. The number of rotatable bonds is 7. The summed E-state index contributed by atoms with van der Waals surface area (Å²) in [5.74, 6) is 1.60. The number of ether oxygens (including phenoxy) is 2. The van der Waals surface area contributed by atoms with E-state index >= 15 is 0 Å². The number of aromatic nitrogens is 2. The third kappa shape index (κ3) is 3.61. The van der Waals surface area contributed by atoms with Gasteiger partial charge in [0.15, 0.2) is 0 Å². The Morgan fingerprint density at radius 3 is 2.24 bits per heavy atom. The Hall–Kier alpha value is -4.70. The highest BCUT2D eigenvalue weighted by atomic mass is 16.5. The van der Waals surface area contributed by atoms with Gasteiger partial charge in [-0.3, -0.25) is 0 Å². The van der Waals surface area contributed by atoms with Gasteiger partial charge in [-0.1, -0.05) is 78.9 Å². The van der Waals surface area contributed by atoms with Crippen LogP contribution in [-0.2, 0) is 5.41 Å². The third-order valence-electron chi connectivity index (χ3n) is 7.16. The van der Waals surface area contributed by atoms with Crippen molar-refractivity contribution in [1.29, 1.82) is 0 Å². The van der Waals surface area contributed by atoms with Gasteiger partial charge in [0.2, 0.25) is 0 Å². The highest BCUT2D eigenvalue weighted by molar-refractivity contribution is 5.99. The van der Waals surface area contributed by atoms with Crippen molar-refractivity contribution in [3.05, 3.63) is 144 Å². The molecule has 0 spiro atoms. The SMILES string of the molecule is COc1cccc(C(c2ccc[nH]2)(c2ccccc2OC)c2[nH]c3ccccc3c2-c2ccccc2)c1. The van der Waals surface area contributed by atoms with Crippen molar-refractivity contribution in [2.75, 3.05) is 14.2 Å². The van der Waals surface area contributed by atoms with Crippen molar-refractivity contribution in [3.8, 4) is 22.6 Å². The van der Waals surface area contributed by atoms with Gasteiger partial charge in [-0.2, -0.15) is 0 Å².